The van der Waals surface area contributed by atoms with Gasteiger partial charge in [0.1, 0.15) is 11.4 Å². The molecule has 2 N–H and O–H groups in total. The van der Waals surface area contributed by atoms with Gasteiger partial charge in [-0.25, -0.2) is 18.7 Å². The highest BCUT2D eigenvalue weighted by Crippen LogP contribution is 2.45. The Morgan fingerprint density at radius 1 is 1.31 bits per heavy atom. The summed E-state index contributed by atoms with van der Waals surface area (Å²) in [5.41, 5.74) is 0.576. The third kappa shape index (κ3) is 3.26. The fourth-order valence-electron chi connectivity index (χ4n) is 4.22. The molecule has 1 saturated heterocycles. The molecule has 32 heavy (non-hydrogen) atoms. The van der Waals surface area contributed by atoms with Gasteiger partial charge >= 0.3 is 0 Å². The first-order valence-electron chi connectivity index (χ1n) is 10.3. The molecule has 1 unspecified atom stereocenters. The molecule has 0 saturated carbocycles. The summed E-state index contributed by atoms with van der Waals surface area (Å²) in [5, 5.41) is 12.2. The minimum absolute atomic E-state index is 0.0498. The Morgan fingerprint density at radius 2 is 2.09 bits per heavy atom. The molecule has 1 aromatic carbocycles. The average Bonchev–Trinajstić information content (AvgIpc) is 2.96. The summed E-state index contributed by atoms with van der Waals surface area (Å²) in [6.45, 7) is 1.60. The standard InChI is InChI=1S/C21H20F4N4O3/c1-9-13(30)8-29(9)20-27-16(12-4-5-21(24,25)17(12)28-20)10-2-3-11-14(6-10)32-15(18(22)23)7-26-19(11)31/h2-3,6,9,13,15,18,30H,4-5,7-8H2,1H3,(H,26,31)/t9-,13+,15?/m0/s1. The zero-order chi connectivity index (χ0) is 22.8. The van der Waals surface area contributed by atoms with Gasteiger partial charge in [-0.1, -0.05) is 6.07 Å². The van der Waals surface area contributed by atoms with Gasteiger partial charge in [-0.3, -0.25) is 4.79 Å². The monoisotopic (exact) mass is 452 g/mol. The van der Waals surface area contributed by atoms with Crippen LogP contribution in [0, 0.1) is 0 Å². The minimum Gasteiger partial charge on any atom is -0.482 e. The quantitative estimate of drug-likeness (QED) is 0.696. The second kappa shape index (κ2) is 7.29. The molecule has 3 heterocycles. The van der Waals surface area contributed by atoms with Crippen molar-refractivity contribution in [3.63, 3.8) is 0 Å². The zero-order valence-corrected chi connectivity index (χ0v) is 17.0. The maximum Gasteiger partial charge on any atom is 0.290 e. The molecule has 0 radical (unpaired) electrons. The fourth-order valence-corrected chi connectivity index (χ4v) is 4.22. The van der Waals surface area contributed by atoms with Gasteiger partial charge in [0.25, 0.3) is 18.3 Å². The van der Waals surface area contributed by atoms with E-state index in [0.717, 1.165) is 0 Å². The first-order valence-corrected chi connectivity index (χ1v) is 10.3. The van der Waals surface area contributed by atoms with Crippen LogP contribution in [0.25, 0.3) is 11.3 Å². The van der Waals surface area contributed by atoms with E-state index in [1.807, 2.05) is 0 Å². The third-order valence-corrected chi connectivity index (χ3v) is 6.24. The van der Waals surface area contributed by atoms with Crippen molar-refractivity contribution in [1.82, 2.24) is 15.3 Å². The summed E-state index contributed by atoms with van der Waals surface area (Å²) in [7, 11) is 0. The Hall–Kier alpha value is -2.95. The van der Waals surface area contributed by atoms with Gasteiger partial charge < -0.3 is 20.1 Å². The van der Waals surface area contributed by atoms with E-state index in [2.05, 4.69) is 15.3 Å². The van der Waals surface area contributed by atoms with Crippen molar-refractivity contribution in [3.8, 4) is 17.0 Å². The van der Waals surface area contributed by atoms with Gasteiger partial charge in [0.2, 0.25) is 5.95 Å². The van der Waals surface area contributed by atoms with E-state index in [9.17, 15) is 27.5 Å². The SMILES string of the molecule is C[C@H]1[C@H](O)CN1c1nc(-c2ccc3c(c2)OC(C(F)F)CNC3=O)c2c(n1)C(F)(F)CC2. The lowest BCUT2D eigenvalue weighted by atomic mass is 10.0. The van der Waals surface area contributed by atoms with E-state index >= 15 is 0 Å². The zero-order valence-electron chi connectivity index (χ0n) is 17.0. The number of aliphatic hydroxyl groups excluding tert-OH is 1. The van der Waals surface area contributed by atoms with Crippen LogP contribution >= 0.6 is 0 Å². The van der Waals surface area contributed by atoms with Crippen LogP contribution in [0.15, 0.2) is 18.2 Å². The number of aromatic nitrogens is 2. The van der Waals surface area contributed by atoms with Crippen LogP contribution in [0.1, 0.15) is 35.0 Å². The number of fused-ring (bicyclic) bond motifs is 2. The van der Waals surface area contributed by atoms with Gasteiger partial charge in [-0.15, -0.1) is 0 Å². The molecule has 1 fully saturated rings. The van der Waals surface area contributed by atoms with Crippen molar-refractivity contribution in [2.45, 2.75) is 50.4 Å². The predicted molar refractivity (Wildman–Crippen MR) is 105 cm³/mol. The number of aliphatic hydroxyl groups is 1. The number of ether oxygens (including phenoxy) is 1. The van der Waals surface area contributed by atoms with Crippen molar-refractivity contribution in [2.24, 2.45) is 0 Å². The number of carbonyl (C=O) groups excluding carboxylic acids is 1. The number of hydrogen-bond acceptors (Lipinski definition) is 6. The number of hydrogen-bond donors (Lipinski definition) is 2. The molecular weight excluding hydrogens is 432 g/mol. The molecule has 2 aromatic rings. The van der Waals surface area contributed by atoms with Gasteiger partial charge in [0.15, 0.2) is 6.10 Å². The number of amides is 1. The lowest BCUT2D eigenvalue weighted by Gasteiger charge is -2.43. The van der Waals surface area contributed by atoms with Gasteiger partial charge in [0, 0.05) is 24.1 Å². The first kappa shape index (κ1) is 20.9. The summed E-state index contributed by atoms with van der Waals surface area (Å²) in [6.07, 6.45) is -5.33. The van der Waals surface area contributed by atoms with Crippen molar-refractivity contribution >= 4 is 11.9 Å². The predicted octanol–water partition coefficient (Wildman–Crippen LogP) is 2.51. The molecule has 5 rings (SSSR count). The Labute approximate surface area is 180 Å². The minimum atomic E-state index is -3.13. The van der Waals surface area contributed by atoms with E-state index in [1.165, 1.54) is 18.2 Å². The largest absolute Gasteiger partial charge is 0.482 e. The normalized spacial score (nSPS) is 26.0. The van der Waals surface area contributed by atoms with Crippen LogP contribution in [0.4, 0.5) is 23.5 Å². The molecule has 1 amide bonds. The fraction of sp³-hybridized carbons (Fsp3) is 0.476. The molecule has 3 atom stereocenters. The molecule has 1 aliphatic carbocycles. The highest BCUT2D eigenvalue weighted by Gasteiger charge is 2.45. The topological polar surface area (TPSA) is 87.6 Å². The molecule has 0 bridgehead atoms. The summed E-state index contributed by atoms with van der Waals surface area (Å²) < 4.78 is 61.0. The molecule has 1 aromatic heterocycles. The van der Waals surface area contributed by atoms with E-state index < -0.39 is 36.9 Å². The highest BCUT2D eigenvalue weighted by atomic mass is 19.3. The summed E-state index contributed by atoms with van der Waals surface area (Å²) in [4.78, 5) is 22.5. The van der Waals surface area contributed by atoms with Crippen LogP contribution in [-0.4, -0.2) is 58.7 Å². The summed E-state index contributed by atoms with van der Waals surface area (Å²) in [6, 6.07) is 3.99. The summed E-state index contributed by atoms with van der Waals surface area (Å²) >= 11 is 0. The Kier molecular flexibility index (Phi) is 4.77. The summed E-state index contributed by atoms with van der Waals surface area (Å²) in [5.74, 6) is -3.68. The molecule has 11 heteroatoms. The third-order valence-electron chi connectivity index (χ3n) is 6.24. The number of benzene rings is 1. The van der Waals surface area contributed by atoms with Crippen molar-refractivity contribution < 1.29 is 32.2 Å². The molecule has 0 spiro atoms. The second-order valence-electron chi connectivity index (χ2n) is 8.28. The molecule has 7 nitrogen and oxygen atoms in total. The van der Waals surface area contributed by atoms with Crippen molar-refractivity contribution in [3.05, 3.63) is 35.0 Å². The molecule has 3 aliphatic rings. The Bertz CT molecular complexity index is 1100. The maximum atomic E-state index is 14.6. The van der Waals surface area contributed by atoms with E-state index in [1.54, 1.807) is 11.8 Å². The smallest absolute Gasteiger partial charge is 0.290 e. The highest BCUT2D eigenvalue weighted by molar-refractivity contribution is 5.98. The number of nitrogens with one attached hydrogen (secondary N) is 1. The Morgan fingerprint density at radius 3 is 2.78 bits per heavy atom. The first-order chi connectivity index (χ1) is 15.2. The average molecular weight is 452 g/mol. The van der Waals surface area contributed by atoms with Crippen LogP contribution < -0.4 is 15.0 Å². The lowest BCUT2D eigenvalue weighted by molar-refractivity contribution is -0.00604. The van der Waals surface area contributed by atoms with Crippen LogP contribution in [0.3, 0.4) is 0 Å². The number of β-amino-alcohol motifs (C(OH)–C–C–N with tert-alkyl or cyclic N) is 1. The van der Waals surface area contributed by atoms with Crippen molar-refractivity contribution in [1.29, 1.82) is 0 Å². The maximum absolute atomic E-state index is 14.6. The number of nitrogens with zero attached hydrogens (tertiary/aromatic N) is 3. The molecule has 170 valence electrons. The second-order valence-corrected chi connectivity index (χ2v) is 8.28. The molecular formula is C21H20F4N4O3. The number of anilines is 1. The van der Waals surface area contributed by atoms with E-state index in [0.29, 0.717) is 5.56 Å². The van der Waals surface area contributed by atoms with E-state index in [4.69, 9.17) is 4.74 Å². The Balaban J connectivity index is 1.62. The number of alkyl halides is 4. The van der Waals surface area contributed by atoms with Gasteiger partial charge in [-0.2, -0.15) is 8.78 Å². The lowest BCUT2D eigenvalue weighted by Crippen LogP contribution is -2.59. The van der Waals surface area contributed by atoms with Gasteiger partial charge in [-0.05, 0) is 25.5 Å². The van der Waals surface area contributed by atoms with E-state index in [-0.39, 0.29) is 59.8 Å². The van der Waals surface area contributed by atoms with Gasteiger partial charge in [0.05, 0.1) is 29.9 Å². The van der Waals surface area contributed by atoms with Crippen LogP contribution in [-0.2, 0) is 12.3 Å². The number of carbonyl (C=O) groups is 1. The number of rotatable bonds is 3. The van der Waals surface area contributed by atoms with Crippen molar-refractivity contribution in [2.75, 3.05) is 18.0 Å². The van der Waals surface area contributed by atoms with Crippen LogP contribution in [0.2, 0.25) is 0 Å². The molecule has 2 aliphatic heterocycles. The number of halogens is 4. The van der Waals surface area contributed by atoms with Crippen LogP contribution in [0.5, 0.6) is 5.75 Å².